The summed E-state index contributed by atoms with van der Waals surface area (Å²) in [6.45, 7) is 5.98. The van der Waals surface area contributed by atoms with Crippen LogP contribution in [0.15, 0.2) is 4.99 Å². The van der Waals surface area contributed by atoms with Crippen molar-refractivity contribution < 1.29 is 4.74 Å². The molecule has 2 aliphatic rings. The van der Waals surface area contributed by atoms with Crippen LogP contribution in [0, 0.1) is 5.41 Å². The molecule has 2 unspecified atom stereocenters. The van der Waals surface area contributed by atoms with Crippen molar-refractivity contribution in [2.24, 2.45) is 16.1 Å². The second-order valence-electron chi connectivity index (χ2n) is 6.29. The molecule has 0 radical (unpaired) electrons. The van der Waals surface area contributed by atoms with Gasteiger partial charge in [0.2, 0.25) is 0 Å². The topological polar surface area (TPSA) is 59.6 Å². The highest BCUT2D eigenvalue weighted by Gasteiger charge is 2.59. The first-order valence-corrected chi connectivity index (χ1v) is 8.41. The predicted molar refractivity (Wildman–Crippen MR) is 83.9 cm³/mol. The predicted octanol–water partition coefficient (Wildman–Crippen LogP) is 2.82. The van der Waals surface area contributed by atoms with E-state index >= 15 is 0 Å². The van der Waals surface area contributed by atoms with Crippen LogP contribution in [0.3, 0.4) is 0 Å². The van der Waals surface area contributed by atoms with E-state index in [4.69, 9.17) is 10.5 Å². The Hall–Kier alpha value is -0.770. The minimum atomic E-state index is 0.359. The van der Waals surface area contributed by atoms with Gasteiger partial charge < -0.3 is 15.8 Å². The fraction of sp³-hybridized carbons (Fsp3) is 0.938. The smallest absolute Gasteiger partial charge is 0.188 e. The molecule has 0 aromatic heterocycles. The Labute approximate surface area is 123 Å². The highest BCUT2D eigenvalue weighted by atomic mass is 16.5. The number of hydrogen-bond donors (Lipinski definition) is 2. The highest BCUT2D eigenvalue weighted by Crippen LogP contribution is 2.57. The van der Waals surface area contributed by atoms with Crippen molar-refractivity contribution in [3.8, 4) is 0 Å². The molecule has 0 aromatic rings. The monoisotopic (exact) mass is 281 g/mol. The van der Waals surface area contributed by atoms with Crippen molar-refractivity contribution in [1.29, 1.82) is 0 Å². The summed E-state index contributed by atoms with van der Waals surface area (Å²) in [7, 11) is 0. The lowest BCUT2D eigenvalue weighted by Crippen LogP contribution is -2.68. The summed E-state index contributed by atoms with van der Waals surface area (Å²) in [6, 6.07) is 0.479. The standard InChI is InChI=1S/C16H31N3O/c1-3-5-6-7-11-18-15(17)19-13-12-14(20-4-2)16(13)9-8-10-16/h13-14H,3-12H2,1-2H3,(H3,17,18,19). The Kier molecular flexibility index (Phi) is 5.70. The second kappa shape index (κ2) is 7.30. The molecule has 2 aliphatic carbocycles. The van der Waals surface area contributed by atoms with Crippen LogP contribution in [0.1, 0.15) is 65.2 Å². The molecule has 4 nitrogen and oxygen atoms in total. The van der Waals surface area contributed by atoms with Gasteiger partial charge in [-0.1, -0.05) is 32.6 Å². The van der Waals surface area contributed by atoms with E-state index in [0.29, 0.717) is 23.5 Å². The SMILES string of the molecule is CCCCCCN=C(N)NC1CC(OCC)C12CCC2. The quantitative estimate of drug-likeness (QED) is 0.408. The molecule has 3 N–H and O–H groups in total. The van der Waals surface area contributed by atoms with Crippen molar-refractivity contribution in [2.75, 3.05) is 13.2 Å². The first kappa shape index (κ1) is 15.6. The fourth-order valence-corrected chi connectivity index (χ4v) is 3.60. The lowest BCUT2D eigenvalue weighted by atomic mass is 9.51. The molecule has 4 heteroatoms. The third-order valence-electron chi connectivity index (χ3n) is 5.05. The first-order valence-electron chi connectivity index (χ1n) is 8.41. The average Bonchev–Trinajstić information content (AvgIpc) is 2.35. The summed E-state index contributed by atoms with van der Waals surface area (Å²) in [5.41, 5.74) is 6.38. The van der Waals surface area contributed by atoms with Crippen molar-refractivity contribution in [3.63, 3.8) is 0 Å². The van der Waals surface area contributed by atoms with E-state index in [1.807, 2.05) is 0 Å². The van der Waals surface area contributed by atoms with Gasteiger partial charge in [0, 0.05) is 24.6 Å². The number of hydrogen-bond acceptors (Lipinski definition) is 2. The van der Waals surface area contributed by atoms with Crippen LogP contribution in [0.5, 0.6) is 0 Å². The largest absolute Gasteiger partial charge is 0.378 e. The Balaban J connectivity index is 1.72. The van der Waals surface area contributed by atoms with Gasteiger partial charge in [0.1, 0.15) is 0 Å². The number of nitrogens with one attached hydrogen (secondary N) is 1. The lowest BCUT2D eigenvalue weighted by molar-refractivity contribution is -0.168. The van der Waals surface area contributed by atoms with Crippen LogP contribution >= 0.6 is 0 Å². The molecule has 0 aromatic carbocycles. The van der Waals surface area contributed by atoms with Gasteiger partial charge in [-0.25, -0.2) is 0 Å². The zero-order valence-corrected chi connectivity index (χ0v) is 13.2. The fourth-order valence-electron chi connectivity index (χ4n) is 3.60. The van der Waals surface area contributed by atoms with E-state index in [1.54, 1.807) is 0 Å². The molecule has 0 bridgehead atoms. The zero-order chi connectivity index (χ0) is 14.4. The van der Waals surface area contributed by atoms with Crippen LogP contribution in [-0.2, 0) is 4.74 Å². The van der Waals surface area contributed by atoms with Crippen molar-refractivity contribution >= 4 is 5.96 Å². The maximum Gasteiger partial charge on any atom is 0.188 e. The minimum absolute atomic E-state index is 0.359. The van der Waals surface area contributed by atoms with E-state index in [9.17, 15) is 0 Å². The third kappa shape index (κ3) is 3.27. The molecule has 2 atom stereocenters. The van der Waals surface area contributed by atoms with Gasteiger partial charge in [-0.15, -0.1) is 0 Å². The molecule has 2 fully saturated rings. The Morgan fingerprint density at radius 2 is 2.10 bits per heavy atom. The number of nitrogens with zero attached hydrogens (tertiary/aromatic N) is 1. The van der Waals surface area contributed by atoms with Gasteiger partial charge in [-0.3, -0.25) is 4.99 Å². The average molecular weight is 281 g/mol. The van der Waals surface area contributed by atoms with Crippen molar-refractivity contribution in [3.05, 3.63) is 0 Å². The Bertz CT molecular complexity index is 326. The molecule has 1 spiro atoms. The normalized spacial score (nSPS) is 28.0. The van der Waals surface area contributed by atoms with Crippen LogP contribution in [0.25, 0.3) is 0 Å². The van der Waals surface area contributed by atoms with E-state index in [-0.39, 0.29) is 0 Å². The maximum absolute atomic E-state index is 6.02. The number of nitrogens with two attached hydrogens (primary N) is 1. The van der Waals surface area contributed by atoms with Crippen molar-refractivity contribution in [1.82, 2.24) is 5.32 Å². The summed E-state index contributed by atoms with van der Waals surface area (Å²) in [6.07, 6.45) is 10.4. The molecule has 2 rings (SSSR count). The summed E-state index contributed by atoms with van der Waals surface area (Å²) in [4.78, 5) is 4.46. The van der Waals surface area contributed by atoms with Gasteiger partial charge in [0.25, 0.3) is 0 Å². The van der Waals surface area contributed by atoms with E-state index in [0.717, 1.165) is 26.0 Å². The summed E-state index contributed by atoms with van der Waals surface area (Å²) < 4.78 is 5.85. The van der Waals surface area contributed by atoms with Crippen LogP contribution < -0.4 is 11.1 Å². The first-order chi connectivity index (χ1) is 9.73. The summed E-state index contributed by atoms with van der Waals surface area (Å²) >= 11 is 0. The van der Waals surface area contributed by atoms with E-state index < -0.39 is 0 Å². The number of aliphatic imine (C=N–C) groups is 1. The molecule has 116 valence electrons. The van der Waals surface area contributed by atoms with Crippen LogP contribution in [0.4, 0.5) is 0 Å². The van der Waals surface area contributed by atoms with E-state index in [1.165, 1.54) is 38.5 Å². The lowest BCUT2D eigenvalue weighted by Gasteiger charge is -2.61. The minimum Gasteiger partial charge on any atom is -0.378 e. The van der Waals surface area contributed by atoms with Gasteiger partial charge >= 0.3 is 0 Å². The Morgan fingerprint density at radius 3 is 2.70 bits per heavy atom. The molecule has 0 heterocycles. The van der Waals surface area contributed by atoms with Gasteiger partial charge in [-0.2, -0.15) is 0 Å². The zero-order valence-electron chi connectivity index (χ0n) is 13.2. The number of unbranched alkanes of at least 4 members (excludes halogenated alkanes) is 3. The van der Waals surface area contributed by atoms with E-state index in [2.05, 4.69) is 24.2 Å². The molecule has 20 heavy (non-hydrogen) atoms. The van der Waals surface area contributed by atoms with Crippen LogP contribution in [0.2, 0.25) is 0 Å². The molecule has 2 saturated carbocycles. The maximum atomic E-state index is 6.02. The molecular weight excluding hydrogens is 250 g/mol. The number of ether oxygens (including phenoxy) is 1. The third-order valence-corrected chi connectivity index (χ3v) is 5.05. The molecule has 0 aliphatic heterocycles. The summed E-state index contributed by atoms with van der Waals surface area (Å²) in [5.74, 6) is 0.632. The van der Waals surface area contributed by atoms with Crippen molar-refractivity contribution in [2.45, 2.75) is 77.4 Å². The summed E-state index contributed by atoms with van der Waals surface area (Å²) in [5, 5.41) is 3.44. The Morgan fingerprint density at radius 1 is 1.30 bits per heavy atom. The van der Waals surface area contributed by atoms with Crippen LogP contribution in [-0.4, -0.2) is 31.3 Å². The molecule has 0 saturated heterocycles. The van der Waals surface area contributed by atoms with Gasteiger partial charge in [-0.05, 0) is 32.6 Å². The number of rotatable bonds is 8. The molecular formula is C16H31N3O. The van der Waals surface area contributed by atoms with Gasteiger partial charge in [0.05, 0.1) is 6.10 Å². The highest BCUT2D eigenvalue weighted by molar-refractivity contribution is 5.78. The second-order valence-corrected chi connectivity index (χ2v) is 6.29. The molecule has 0 amide bonds. The number of guanidine groups is 1. The van der Waals surface area contributed by atoms with Gasteiger partial charge in [0.15, 0.2) is 5.96 Å².